The van der Waals surface area contributed by atoms with Crippen LogP contribution in [-0.4, -0.2) is 11.9 Å². The van der Waals surface area contributed by atoms with Crippen molar-refractivity contribution in [3.8, 4) is 0 Å². The summed E-state index contributed by atoms with van der Waals surface area (Å²) in [5.74, 6) is 0.496. The molecular weight excluding hydrogens is 218 g/mol. The third kappa shape index (κ3) is 2.10. The first kappa shape index (κ1) is 12.9. The van der Waals surface area contributed by atoms with Crippen molar-refractivity contribution in [2.45, 2.75) is 33.6 Å². The van der Waals surface area contributed by atoms with Gasteiger partial charge in [0.25, 0.3) is 0 Å². The van der Waals surface area contributed by atoms with E-state index in [1.54, 1.807) is 0 Å². The summed E-state index contributed by atoms with van der Waals surface area (Å²) in [4.78, 5) is 2.37. The summed E-state index contributed by atoms with van der Waals surface area (Å²) in [6, 6.07) is 0. The SMILES string of the molecule is CC=CC1=C(C=CC)N(C)C2=C(C=CCC2)C1C. The first-order valence-corrected chi connectivity index (χ1v) is 6.83. The van der Waals surface area contributed by atoms with Crippen molar-refractivity contribution in [2.24, 2.45) is 5.92 Å². The van der Waals surface area contributed by atoms with Crippen LogP contribution >= 0.6 is 0 Å². The second kappa shape index (κ2) is 5.43. The van der Waals surface area contributed by atoms with Crippen molar-refractivity contribution in [3.05, 3.63) is 59.0 Å². The van der Waals surface area contributed by atoms with Gasteiger partial charge in [-0.3, -0.25) is 0 Å². The van der Waals surface area contributed by atoms with Gasteiger partial charge in [-0.2, -0.15) is 0 Å². The molecule has 0 aromatic heterocycles. The van der Waals surface area contributed by atoms with E-state index in [4.69, 9.17) is 0 Å². The molecule has 0 radical (unpaired) electrons. The Morgan fingerprint density at radius 2 is 1.94 bits per heavy atom. The Morgan fingerprint density at radius 1 is 1.22 bits per heavy atom. The lowest BCUT2D eigenvalue weighted by atomic mass is 9.82. The summed E-state index contributed by atoms with van der Waals surface area (Å²) >= 11 is 0. The molecule has 0 N–H and O–H groups in total. The fourth-order valence-corrected chi connectivity index (χ4v) is 2.93. The zero-order valence-electron chi connectivity index (χ0n) is 11.9. The second-order valence-corrected chi connectivity index (χ2v) is 4.96. The van der Waals surface area contributed by atoms with Crippen LogP contribution in [0.3, 0.4) is 0 Å². The maximum Gasteiger partial charge on any atom is 0.0441 e. The predicted octanol–water partition coefficient (Wildman–Crippen LogP) is 4.58. The molecule has 0 amide bonds. The summed E-state index contributed by atoms with van der Waals surface area (Å²) < 4.78 is 0. The Morgan fingerprint density at radius 3 is 2.61 bits per heavy atom. The van der Waals surface area contributed by atoms with E-state index >= 15 is 0 Å². The zero-order chi connectivity index (χ0) is 13.1. The van der Waals surface area contributed by atoms with Crippen LogP contribution in [0.2, 0.25) is 0 Å². The van der Waals surface area contributed by atoms with Gasteiger partial charge < -0.3 is 4.90 Å². The van der Waals surface area contributed by atoms with Gasteiger partial charge in [0.15, 0.2) is 0 Å². The summed E-state index contributed by atoms with van der Waals surface area (Å²) in [7, 11) is 2.19. The number of hydrogen-bond donors (Lipinski definition) is 0. The van der Waals surface area contributed by atoms with Crippen LogP contribution in [0.5, 0.6) is 0 Å². The molecule has 1 heterocycles. The molecule has 1 nitrogen and oxygen atoms in total. The largest absolute Gasteiger partial charge is 0.348 e. The zero-order valence-corrected chi connectivity index (χ0v) is 11.9. The maximum absolute atomic E-state index is 2.37. The highest BCUT2D eigenvalue weighted by atomic mass is 15.1. The molecule has 1 aliphatic heterocycles. The van der Waals surface area contributed by atoms with Gasteiger partial charge >= 0.3 is 0 Å². The summed E-state index contributed by atoms with van der Waals surface area (Å²) in [6.45, 7) is 6.49. The number of likely N-dealkylation sites (N-methyl/N-ethyl adjacent to an activating group) is 1. The Labute approximate surface area is 111 Å². The lowest BCUT2D eigenvalue weighted by Gasteiger charge is -2.37. The fourth-order valence-electron chi connectivity index (χ4n) is 2.93. The van der Waals surface area contributed by atoms with Gasteiger partial charge in [0.1, 0.15) is 0 Å². The molecule has 0 saturated heterocycles. The average Bonchev–Trinajstić information content (AvgIpc) is 2.40. The van der Waals surface area contributed by atoms with Crippen molar-refractivity contribution < 1.29 is 0 Å². The van der Waals surface area contributed by atoms with Crippen LogP contribution in [0, 0.1) is 5.92 Å². The molecule has 0 aromatic rings. The van der Waals surface area contributed by atoms with E-state index in [-0.39, 0.29) is 0 Å². The van der Waals surface area contributed by atoms with Crippen LogP contribution in [-0.2, 0) is 0 Å². The number of hydrogen-bond acceptors (Lipinski definition) is 1. The van der Waals surface area contributed by atoms with Gasteiger partial charge in [-0.25, -0.2) is 0 Å². The predicted molar refractivity (Wildman–Crippen MR) is 79.0 cm³/mol. The Hall–Kier alpha value is -1.50. The maximum atomic E-state index is 2.37. The minimum absolute atomic E-state index is 0.496. The standard InChI is InChI=1S/C17H23N/c1-5-9-14-13(3)15-11-7-8-12-17(15)18(4)16(14)10-6-2/h5-7,9-11,13H,8,12H2,1-4H3. The fraction of sp³-hybridized carbons (Fsp3) is 0.412. The number of rotatable bonds is 2. The Balaban J connectivity index is 2.52. The molecular formula is C17H23N. The topological polar surface area (TPSA) is 3.24 Å². The molecule has 1 heteroatoms. The van der Waals surface area contributed by atoms with Gasteiger partial charge in [-0.15, -0.1) is 0 Å². The Bertz CT molecular complexity index is 472. The van der Waals surface area contributed by atoms with Gasteiger partial charge in [0.05, 0.1) is 0 Å². The van der Waals surface area contributed by atoms with Gasteiger partial charge in [-0.05, 0) is 43.9 Å². The lowest BCUT2D eigenvalue weighted by Crippen LogP contribution is -2.27. The molecule has 1 unspecified atom stereocenters. The molecule has 0 bridgehead atoms. The first-order valence-electron chi connectivity index (χ1n) is 6.83. The highest BCUT2D eigenvalue weighted by Gasteiger charge is 2.27. The van der Waals surface area contributed by atoms with Gasteiger partial charge in [0.2, 0.25) is 0 Å². The smallest absolute Gasteiger partial charge is 0.0441 e. The van der Waals surface area contributed by atoms with E-state index in [1.807, 2.05) is 0 Å². The van der Waals surface area contributed by atoms with Crippen molar-refractivity contribution in [1.29, 1.82) is 0 Å². The van der Waals surface area contributed by atoms with E-state index in [9.17, 15) is 0 Å². The number of nitrogens with zero attached hydrogens (tertiary/aromatic N) is 1. The van der Waals surface area contributed by atoms with Crippen LogP contribution in [0.15, 0.2) is 59.0 Å². The van der Waals surface area contributed by atoms with E-state index in [0.29, 0.717) is 5.92 Å². The van der Waals surface area contributed by atoms with Crippen molar-refractivity contribution >= 4 is 0 Å². The molecule has 1 aliphatic carbocycles. The molecule has 0 fully saturated rings. The number of allylic oxidation sites excluding steroid dienone is 9. The van der Waals surface area contributed by atoms with E-state index < -0.39 is 0 Å². The lowest BCUT2D eigenvalue weighted by molar-refractivity contribution is 0.464. The van der Waals surface area contributed by atoms with E-state index in [1.165, 1.54) is 22.5 Å². The molecule has 18 heavy (non-hydrogen) atoms. The third-order valence-electron chi connectivity index (χ3n) is 3.84. The normalized spacial score (nSPS) is 24.7. The van der Waals surface area contributed by atoms with Gasteiger partial charge in [-0.1, -0.05) is 37.3 Å². The molecule has 0 aromatic carbocycles. The van der Waals surface area contributed by atoms with Crippen LogP contribution in [0.25, 0.3) is 0 Å². The highest BCUT2D eigenvalue weighted by Crippen LogP contribution is 2.39. The van der Waals surface area contributed by atoms with Crippen LogP contribution in [0.1, 0.15) is 33.6 Å². The molecule has 0 saturated carbocycles. The van der Waals surface area contributed by atoms with Crippen LogP contribution in [0.4, 0.5) is 0 Å². The first-order chi connectivity index (χ1) is 8.70. The molecule has 2 rings (SSSR count). The minimum atomic E-state index is 0.496. The Kier molecular flexibility index (Phi) is 3.90. The highest BCUT2D eigenvalue weighted by molar-refractivity contribution is 5.49. The molecule has 1 atom stereocenters. The minimum Gasteiger partial charge on any atom is -0.348 e. The van der Waals surface area contributed by atoms with E-state index in [0.717, 1.165) is 12.8 Å². The van der Waals surface area contributed by atoms with E-state index in [2.05, 4.69) is 69.2 Å². The van der Waals surface area contributed by atoms with Crippen molar-refractivity contribution in [1.82, 2.24) is 4.90 Å². The summed E-state index contributed by atoms with van der Waals surface area (Å²) in [5.41, 5.74) is 5.75. The van der Waals surface area contributed by atoms with Crippen LogP contribution < -0.4 is 0 Å². The monoisotopic (exact) mass is 241 g/mol. The quantitative estimate of drug-likeness (QED) is 0.684. The van der Waals surface area contributed by atoms with Crippen molar-refractivity contribution in [2.75, 3.05) is 7.05 Å². The average molecular weight is 241 g/mol. The van der Waals surface area contributed by atoms with Gasteiger partial charge in [0, 0.05) is 24.4 Å². The van der Waals surface area contributed by atoms with Crippen molar-refractivity contribution in [3.63, 3.8) is 0 Å². The summed E-state index contributed by atoms with van der Waals surface area (Å²) in [5, 5.41) is 0. The molecule has 2 aliphatic rings. The second-order valence-electron chi connectivity index (χ2n) is 4.96. The third-order valence-corrected chi connectivity index (χ3v) is 3.84. The summed E-state index contributed by atoms with van der Waals surface area (Å²) in [6.07, 6.45) is 15.7. The molecule has 96 valence electrons. The molecule has 0 spiro atoms.